The molecule has 0 radical (unpaired) electrons. The molecule has 110 valence electrons. The van der Waals surface area contributed by atoms with E-state index in [1.165, 1.54) is 12.1 Å². The van der Waals surface area contributed by atoms with Crippen molar-refractivity contribution in [3.8, 4) is 11.5 Å². The Labute approximate surface area is 131 Å². The van der Waals surface area contributed by atoms with Gasteiger partial charge in [0.05, 0.1) is 13.2 Å². The number of benzene rings is 2. The van der Waals surface area contributed by atoms with Gasteiger partial charge in [0.1, 0.15) is 5.82 Å². The molecule has 2 aromatic carbocycles. The average molecular weight is 352 g/mol. The van der Waals surface area contributed by atoms with Crippen LogP contribution in [0.25, 0.3) is 0 Å². The van der Waals surface area contributed by atoms with E-state index >= 15 is 0 Å². The summed E-state index contributed by atoms with van der Waals surface area (Å²) in [6.07, 6.45) is 0.884. The Kier molecular flexibility index (Phi) is 4.29. The Balaban J connectivity index is 1.71. The van der Waals surface area contributed by atoms with E-state index < -0.39 is 0 Å². The van der Waals surface area contributed by atoms with Crippen LogP contribution in [0.5, 0.6) is 11.5 Å². The highest BCUT2D eigenvalue weighted by atomic mass is 79.9. The van der Waals surface area contributed by atoms with Crippen LogP contribution in [0, 0.1) is 5.82 Å². The van der Waals surface area contributed by atoms with E-state index in [0.29, 0.717) is 19.8 Å². The molecule has 0 unspecified atom stereocenters. The molecule has 2 aromatic rings. The SMILES string of the molecule is Fc1cc(Br)cc(CNc2ccc3c(c2)OCCCO3)c1. The summed E-state index contributed by atoms with van der Waals surface area (Å²) in [6, 6.07) is 10.6. The van der Waals surface area contributed by atoms with E-state index in [-0.39, 0.29) is 5.82 Å². The van der Waals surface area contributed by atoms with Gasteiger partial charge in [-0.1, -0.05) is 15.9 Å². The summed E-state index contributed by atoms with van der Waals surface area (Å²) in [5.41, 5.74) is 1.79. The fourth-order valence-electron chi connectivity index (χ4n) is 2.19. The Morgan fingerprint density at radius 1 is 1.05 bits per heavy atom. The minimum atomic E-state index is -0.250. The van der Waals surface area contributed by atoms with Crippen molar-refractivity contribution in [2.45, 2.75) is 13.0 Å². The van der Waals surface area contributed by atoms with Crippen LogP contribution < -0.4 is 14.8 Å². The first kappa shape index (κ1) is 14.2. The Morgan fingerprint density at radius 2 is 1.86 bits per heavy atom. The number of fused-ring (bicyclic) bond motifs is 1. The van der Waals surface area contributed by atoms with Crippen molar-refractivity contribution in [1.82, 2.24) is 0 Å². The van der Waals surface area contributed by atoms with Crippen LogP contribution in [-0.2, 0) is 6.54 Å². The molecule has 5 heteroatoms. The lowest BCUT2D eigenvalue weighted by Crippen LogP contribution is -2.01. The molecule has 0 spiro atoms. The molecule has 0 atom stereocenters. The standard InChI is InChI=1S/C16H15BrFNO2/c17-12-6-11(7-13(18)8-12)10-19-14-2-3-15-16(9-14)21-5-1-4-20-15/h2-3,6-9,19H,1,4-5,10H2. The number of hydrogen-bond donors (Lipinski definition) is 1. The third kappa shape index (κ3) is 3.67. The highest BCUT2D eigenvalue weighted by Gasteiger charge is 2.10. The van der Waals surface area contributed by atoms with Crippen LogP contribution in [0.15, 0.2) is 40.9 Å². The number of halogens is 2. The van der Waals surface area contributed by atoms with Crippen LogP contribution in [0.2, 0.25) is 0 Å². The molecule has 0 aliphatic carbocycles. The molecule has 0 aromatic heterocycles. The van der Waals surface area contributed by atoms with Crippen molar-refractivity contribution in [2.75, 3.05) is 18.5 Å². The van der Waals surface area contributed by atoms with E-state index in [9.17, 15) is 4.39 Å². The number of rotatable bonds is 3. The predicted molar refractivity (Wildman–Crippen MR) is 83.5 cm³/mol. The summed E-state index contributed by atoms with van der Waals surface area (Å²) in [4.78, 5) is 0. The number of hydrogen-bond acceptors (Lipinski definition) is 3. The molecular weight excluding hydrogens is 337 g/mol. The van der Waals surface area contributed by atoms with E-state index in [1.807, 2.05) is 24.3 Å². The summed E-state index contributed by atoms with van der Waals surface area (Å²) < 4.78 is 25.3. The van der Waals surface area contributed by atoms with Crippen molar-refractivity contribution < 1.29 is 13.9 Å². The Bertz CT molecular complexity index is 628. The second-order valence-electron chi connectivity index (χ2n) is 4.84. The van der Waals surface area contributed by atoms with Gasteiger partial charge in [-0.3, -0.25) is 0 Å². The van der Waals surface area contributed by atoms with Crippen molar-refractivity contribution in [2.24, 2.45) is 0 Å². The van der Waals surface area contributed by atoms with Crippen molar-refractivity contribution in [1.29, 1.82) is 0 Å². The molecule has 0 saturated carbocycles. The van der Waals surface area contributed by atoms with E-state index in [0.717, 1.165) is 33.6 Å². The summed E-state index contributed by atoms with van der Waals surface area (Å²) in [5, 5.41) is 3.26. The van der Waals surface area contributed by atoms with Crippen LogP contribution in [0.4, 0.5) is 10.1 Å². The second kappa shape index (κ2) is 6.35. The topological polar surface area (TPSA) is 30.5 Å². The Morgan fingerprint density at radius 3 is 2.67 bits per heavy atom. The predicted octanol–water partition coefficient (Wildman–Crippen LogP) is 4.36. The molecular formula is C16H15BrFNO2. The maximum absolute atomic E-state index is 13.3. The highest BCUT2D eigenvalue weighted by Crippen LogP contribution is 2.32. The second-order valence-corrected chi connectivity index (χ2v) is 5.76. The maximum atomic E-state index is 13.3. The van der Waals surface area contributed by atoms with Crippen LogP contribution in [-0.4, -0.2) is 13.2 Å². The smallest absolute Gasteiger partial charge is 0.163 e. The normalized spacial score (nSPS) is 13.6. The van der Waals surface area contributed by atoms with Gasteiger partial charge in [-0.25, -0.2) is 4.39 Å². The minimum Gasteiger partial charge on any atom is -0.490 e. The lowest BCUT2D eigenvalue weighted by Gasteiger charge is -2.11. The number of ether oxygens (including phenoxy) is 2. The molecule has 1 N–H and O–H groups in total. The number of nitrogens with one attached hydrogen (secondary N) is 1. The largest absolute Gasteiger partial charge is 0.490 e. The quantitative estimate of drug-likeness (QED) is 0.890. The summed E-state index contributed by atoms with van der Waals surface area (Å²) in [7, 11) is 0. The molecule has 0 saturated heterocycles. The molecule has 0 fully saturated rings. The van der Waals surface area contributed by atoms with Gasteiger partial charge in [0.2, 0.25) is 0 Å². The van der Waals surface area contributed by atoms with E-state index in [4.69, 9.17) is 9.47 Å². The zero-order chi connectivity index (χ0) is 14.7. The van der Waals surface area contributed by atoms with Crippen LogP contribution >= 0.6 is 15.9 Å². The third-order valence-electron chi connectivity index (χ3n) is 3.17. The van der Waals surface area contributed by atoms with Crippen molar-refractivity contribution in [3.05, 3.63) is 52.3 Å². The Hall–Kier alpha value is -1.75. The molecule has 0 bridgehead atoms. The van der Waals surface area contributed by atoms with Gasteiger partial charge in [-0.2, -0.15) is 0 Å². The maximum Gasteiger partial charge on any atom is 0.163 e. The van der Waals surface area contributed by atoms with Gasteiger partial charge in [0.25, 0.3) is 0 Å². The zero-order valence-corrected chi connectivity index (χ0v) is 13.0. The minimum absolute atomic E-state index is 0.250. The molecule has 21 heavy (non-hydrogen) atoms. The molecule has 3 nitrogen and oxygen atoms in total. The summed E-state index contributed by atoms with van der Waals surface area (Å²) >= 11 is 3.29. The number of anilines is 1. The lowest BCUT2D eigenvalue weighted by molar-refractivity contribution is 0.297. The van der Waals surface area contributed by atoms with E-state index in [1.54, 1.807) is 0 Å². The van der Waals surface area contributed by atoms with Crippen LogP contribution in [0.3, 0.4) is 0 Å². The average Bonchev–Trinajstić information content (AvgIpc) is 2.68. The van der Waals surface area contributed by atoms with E-state index in [2.05, 4.69) is 21.2 Å². The molecule has 1 aliphatic heterocycles. The molecule has 1 aliphatic rings. The molecule has 1 heterocycles. The van der Waals surface area contributed by atoms with Gasteiger partial charge in [-0.15, -0.1) is 0 Å². The zero-order valence-electron chi connectivity index (χ0n) is 11.4. The van der Waals surface area contributed by atoms with Gasteiger partial charge in [0.15, 0.2) is 11.5 Å². The van der Waals surface area contributed by atoms with Crippen molar-refractivity contribution in [3.63, 3.8) is 0 Å². The first-order chi connectivity index (χ1) is 10.2. The monoisotopic (exact) mass is 351 g/mol. The van der Waals surface area contributed by atoms with Gasteiger partial charge >= 0.3 is 0 Å². The molecule has 0 amide bonds. The fourth-order valence-corrected chi connectivity index (χ4v) is 2.70. The lowest BCUT2D eigenvalue weighted by atomic mass is 10.2. The highest BCUT2D eigenvalue weighted by molar-refractivity contribution is 9.10. The third-order valence-corrected chi connectivity index (χ3v) is 3.62. The van der Waals surface area contributed by atoms with Gasteiger partial charge < -0.3 is 14.8 Å². The van der Waals surface area contributed by atoms with Crippen molar-refractivity contribution >= 4 is 21.6 Å². The van der Waals surface area contributed by atoms with Gasteiger partial charge in [-0.05, 0) is 35.9 Å². The first-order valence-corrected chi connectivity index (χ1v) is 7.58. The summed E-state index contributed by atoms with van der Waals surface area (Å²) in [6.45, 7) is 1.88. The van der Waals surface area contributed by atoms with Gasteiger partial charge in [0, 0.05) is 29.2 Å². The fraction of sp³-hybridized carbons (Fsp3) is 0.250. The van der Waals surface area contributed by atoms with Crippen LogP contribution in [0.1, 0.15) is 12.0 Å². The molecule has 3 rings (SSSR count). The summed E-state index contributed by atoms with van der Waals surface area (Å²) in [5.74, 6) is 1.27. The first-order valence-electron chi connectivity index (χ1n) is 6.79.